The van der Waals surface area contributed by atoms with E-state index in [9.17, 15) is 4.79 Å². The lowest BCUT2D eigenvalue weighted by molar-refractivity contribution is 0.0560. The van der Waals surface area contributed by atoms with Gasteiger partial charge in [-0.2, -0.15) is 0 Å². The van der Waals surface area contributed by atoms with Gasteiger partial charge in [0.2, 0.25) is 5.76 Å². The number of carbonyl (C=O) groups excluding carboxylic acids is 1. The molecule has 78 valence electrons. The van der Waals surface area contributed by atoms with Gasteiger partial charge in [-0.1, -0.05) is 20.8 Å². The minimum absolute atomic E-state index is 0.206. The highest BCUT2D eigenvalue weighted by molar-refractivity contribution is 5.87. The molecule has 0 aliphatic rings. The van der Waals surface area contributed by atoms with Gasteiger partial charge in [0.1, 0.15) is 0 Å². The van der Waals surface area contributed by atoms with Crippen molar-refractivity contribution in [3.05, 3.63) is 17.3 Å². The zero-order chi connectivity index (χ0) is 10.9. The van der Waals surface area contributed by atoms with E-state index in [4.69, 9.17) is 4.42 Å². The molecule has 0 bridgehead atoms. The summed E-state index contributed by atoms with van der Waals surface area (Å²) in [5.74, 6) is 0.211. The Bertz CT molecular complexity index is 347. The van der Waals surface area contributed by atoms with Crippen molar-refractivity contribution in [1.82, 2.24) is 4.98 Å². The van der Waals surface area contributed by atoms with Gasteiger partial charge in [-0.15, -0.1) is 0 Å². The summed E-state index contributed by atoms with van der Waals surface area (Å²) in [5.41, 5.74) is 0.420. The summed E-state index contributed by atoms with van der Waals surface area (Å²) in [7, 11) is 1.33. The number of hydrogen-bond acceptors (Lipinski definition) is 4. The molecule has 4 nitrogen and oxygen atoms in total. The number of rotatable bonds is 1. The molecule has 0 atom stereocenters. The van der Waals surface area contributed by atoms with Gasteiger partial charge in [-0.3, -0.25) is 0 Å². The van der Waals surface area contributed by atoms with Crippen LogP contribution in [0.3, 0.4) is 0 Å². The normalized spacial score (nSPS) is 11.5. The average molecular weight is 197 g/mol. The molecule has 0 aliphatic carbocycles. The van der Waals surface area contributed by atoms with E-state index in [1.54, 1.807) is 6.92 Å². The van der Waals surface area contributed by atoms with Gasteiger partial charge < -0.3 is 9.15 Å². The summed E-state index contributed by atoms with van der Waals surface area (Å²) in [4.78, 5) is 15.5. The van der Waals surface area contributed by atoms with Crippen LogP contribution >= 0.6 is 0 Å². The van der Waals surface area contributed by atoms with Crippen molar-refractivity contribution in [3.63, 3.8) is 0 Å². The molecule has 0 aromatic carbocycles. The van der Waals surface area contributed by atoms with Gasteiger partial charge in [0, 0.05) is 12.3 Å². The monoisotopic (exact) mass is 197 g/mol. The SMILES string of the molecule is COC(=O)c1oc(C)nc1C(C)(C)C. The number of ether oxygens (including phenoxy) is 1. The Morgan fingerprint density at radius 2 is 2.00 bits per heavy atom. The fourth-order valence-corrected chi connectivity index (χ4v) is 1.17. The van der Waals surface area contributed by atoms with Crippen LogP contribution < -0.4 is 0 Å². The number of methoxy groups -OCH3 is 1. The molecule has 0 saturated carbocycles. The second-order valence-electron chi connectivity index (χ2n) is 4.15. The maximum Gasteiger partial charge on any atom is 0.376 e. The van der Waals surface area contributed by atoms with Crippen molar-refractivity contribution in [2.75, 3.05) is 7.11 Å². The maximum atomic E-state index is 11.3. The lowest BCUT2D eigenvalue weighted by Crippen LogP contribution is -2.17. The Morgan fingerprint density at radius 3 is 2.43 bits per heavy atom. The minimum Gasteiger partial charge on any atom is -0.463 e. The maximum absolute atomic E-state index is 11.3. The molecule has 0 radical (unpaired) electrons. The molecule has 0 N–H and O–H groups in total. The van der Waals surface area contributed by atoms with Gasteiger partial charge in [-0.25, -0.2) is 9.78 Å². The van der Waals surface area contributed by atoms with Crippen molar-refractivity contribution < 1.29 is 13.9 Å². The number of hydrogen-bond donors (Lipinski definition) is 0. The number of esters is 1. The quantitative estimate of drug-likeness (QED) is 0.647. The van der Waals surface area contributed by atoms with E-state index in [1.807, 2.05) is 20.8 Å². The number of aromatic nitrogens is 1. The van der Waals surface area contributed by atoms with Gasteiger partial charge in [0.25, 0.3) is 0 Å². The number of nitrogens with zero attached hydrogens (tertiary/aromatic N) is 1. The van der Waals surface area contributed by atoms with Crippen molar-refractivity contribution in [2.24, 2.45) is 0 Å². The van der Waals surface area contributed by atoms with E-state index >= 15 is 0 Å². The van der Waals surface area contributed by atoms with Crippen molar-refractivity contribution >= 4 is 5.97 Å². The first-order valence-electron chi connectivity index (χ1n) is 4.42. The summed E-state index contributed by atoms with van der Waals surface area (Å²) in [5, 5.41) is 0. The van der Waals surface area contributed by atoms with Crippen LogP contribution in [0.5, 0.6) is 0 Å². The van der Waals surface area contributed by atoms with E-state index in [2.05, 4.69) is 9.72 Å². The predicted molar refractivity (Wildman–Crippen MR) is 51.3 cm³/mol. The first kappa shape index (κ1) is 10.8. The molecule has 1 aromatic rings. The van der Waals surface area contributed by atoms with E-state index in [1.165, 1.54) is 7.11 Å². The molecule has 1 aromatic heterocycles. The smallest absolute Gasteiger partial charge is 0.376 e. The fourth-order valence-electron chi connectivity index (χ4n) is 1.17. The van der Waals surface area contributed by atoms with Crippen LogP contribution in [-0.4, -0.2) is 18.1 Å². The molecule has 14 heavy (non-hydrogen) atoms. The Balaban J connectivity index is 3.23. The molecule has 1 heterocycles. The van der Waals surface area contributed by atoms with Crippen LogP contribution in [0.1, 0.15) is 42.9 Å². The van der Waals surface area contributed by atoms with E-state index in [0.717, 1.165) is 0 Å². The van der Waals surface area contributed by atoms with Gasteiger partial charge in [0.05, 0.1) is 12.8 Å². The van der Waals surface area contributed by atoms with Gasteiger partial charge in [-0.05, 0) is 0 Å². The molecule has 4 heteroatoms. The van der Waals surface area contributed by atoms with Crippen molar-refractivity contribution in [2.45, 2.75) is 33.1 Å². The Kier molecular flexibility index (Phi) is 2.64. The lowest BCUT2D eigenvalue weighted by atomic mass is 9.91. The zero-order valence-corrected chi connectivity index (χ0v) is 9.17. The first-order valence-corrected chi connectivity index (χ1v) is 4.42. The fraction of sp³-hybridized carbons (Fsp3) is 0.600. The van der Waals surface area contributed by atoms with Crippen LogP contribution in [0.15, 0.2) is 4.42 Å². The van der Waals surface area contributed by atoms with Gasteiger partial charge in [0.15, 0.2) is 5.89 Å². The highest BCUT2D eigenvalue weighted by Gasteiger charge is 2.28. The first-order chi connectivity index (χ1) is 6.36. The Hall–Kier alpha value is -1.32. The summed E-state index contributed by atoms with van der Waals surface area (Å²) in [6.45, 7) is 7.62. The van der Waals surface area contributed by atoms with E-state index in [-0.39, 0.29) is 11.2 Å². The van der Waals surface area contributed by atoms with Crippen LogP contribution in [0.2, 0.25) is 0 Å². The third kappa shape index (κ3) is 1.95. The second-order valence-corrected chi connectivity index (χ2v) is 4.15. The van der Waals surface area contributed by atoms with Crippen LogP contribution in [0.25, 0.3) is 0 Å². The molecular formula is C10H15NO3. The molecule has 0 aliphatic heterocycles. The average Bonchev–Trinajstić information content (AvgIpc) is 2.45. The predicted octanol–water partition coefficient (Wildman–Crippen LogP) is 2.07. The molecule has 1 rings (SSSR count). The summed E-state index contributed by atoms with van der Waals surface area (Å²) in [6.07, 6.45) is 0. The highest BCUT2D eigenvalue weighted by Crippen LogP contribution is 2.26. The summed E-state index contributed by atoms with van der Waals surface area (Å²) < 4.78 is 9.82. The Morgan fingerprint density at radius 1 is 1.43 bits per heavy atom. The zero-order valence-electron chi connectivity index (χ0n) is 9.17. The summed E-state index contributed by atoms with van der Waals surface area (Å²) in [6, 6.07) is 0. The Labute approximate surface area is 83.3 Å². The second kappa shape index (κ2) is 3.44. The van der Waals surface area contributed by atoms with Crippen LogP contribution in [-0.2, 0) is 10.2 Å². The van der Waals surface area contributed by atoms with Crippen molar-refractivity contribution in [1.29, 1.82) is 0 Å². The van der Waals surface area contributed by atoms with E-state index < -0.39 is 5.97 Å². The molecule has 0 saturated heterocycles. The van der Waals surface area contributed by atoms with Crippen LogP contribution in [0.4, 0.5) is 0 Å². The molecule has 0 unspecified atom stereocenters. The highest BCUT2D eigenvalue weighted by atomic mass is 16.5. The lowest BCUT2D eigenvalue weighted by Gasteiger charge is -2.15. The molecule has 0 amide bonds. The molecule has 0 fully saturated rings. The minimum atomic E-state index is -0.476. The molecular weight excluding hydrogens is 182 g/mol. The number of carbonyl (C=O) groups is 1. The standard InChI is InChI=1S/C10H15NO3/c1-6-11-8(10(2,3)4)7(14-6)9(12)13-5/h1-5H3. The topological polar surface area (TPSA) is 52.3 Å². The van der Waals surface area contributed by atoms with Crippen LogP contribution in [0, 0.1) is 6.92 Å². The third-order valence-corrected chi connectivity index (χ3v) is 1.82. The number of oxazole rings is 1. The molecule has 0 spiro atoms. The number of aryl methyl sites for hydroxylation is 1. The largest absolute Gasteiger partial charge is 0.463 e. The third-order valence-electron chi connectivity index (χ3n) is 1.82. The van der Waals surface area contributed by atoms with Gasteiger partial charge >= 0.3 is 5.97 Å². The summed E-state index contributed by atoms with van der Waals surface area (Å²) >= 11 is 0. The van der Waals surface area contributed by atoms with E-state index in [0.29, 0.717) is 11.6 Å². The van der Waals surface area contributed by atoms with Crippen molar-refractivity contribution in [3.8, 4) is 0 Å².